The van der Waals surface area contributed by atoms with Gasteiger partial charge in [-0.25, -0.2) is 0 Å². The monoisotopic (exact) mass is 373 g/mol. The summed E-state index contributed by atoms with van der Waals surface area (Å²) in [6, 6.07) is 7.86. The topological polar surface area (TPSA) is 55.8 Å². The van der Waals surface area contributed by atoms with E-state index in [0.717, 1.165) is 37.0 Å². The van der Waals surface area contributed by atoms with Gasteiger partial charge in [-0.2, -0.15) is 0 Å². The van der Waals surface area contributed by atoms with Crippen LogP contribution in [0.4, 0.5) is 0 Å². The van der Waals surface area contributed by atoms with Gasteiger partial charge in [-0.1, -0.05) is 31.4 Å². The average Bonchev–Trinajstić information content (AvgIpc) is 2.69. The second-order valence-electron chi connectivity index (χ2n) is 6.71. The van der Waals surface area contributed by atoms with Crippen LogP contribution in [-0.2, 0) is 14.3 Å². The minimum Gasteiger partial charge on any atom is -0.494 e. The van der Waals surface area contributed by atoms with E-state index >= 15 is 0 Å². The molecule has 1 aliphatic carbocycles. The number of benzene rings is 1. The Hall–Kier alpha value is -2.30. The van der Waals surface area contributed by atoms with E-state index in [0.29, 0.717) is 19.8 Å². The van der Waals surface area contributed by atoms with Gasteiger partial charge in [-0.3, -0.25) is 9.59 Å². The lowest BCUT2D eigenvalue weighted by Gasteiger charge is -2.33. The Balaban J connectivity index is 2.01. The van der Waals surface area contributed by atoms with Crippen LogP contribution in [0.15, 0.2) is 30.3 Å². The third kappa shape index (κ3) is 7.08. The van der Waals surface area contributed by atoms with Gasteiger partial charge in [-0.05, 0) is 50.5 Å². The van der Waals surface area contributed by atoms with Crippen molar-refractivity contribution in [2.24, 2.45) is 0 Å². The molecule has 148 valence electrons. The van der Waals surface area contributed by atoms with Crippen LogP contribution in [-0.4, -0.2) is 42.6 Å². The van der Waals surface area contributed by atoms with Gasteiger partial charge in [0.25, 0.3) is 0 Å². The van der Waals surface area contributed by atoms with Crippen LogP contribution < -0.4 is 4.74 Å². The van der Waals surface area contributed by atoms with Crippen LogP contribution in [0.5, 0.6) is 5.75 Å². The summed E-state index contributed by atoms with van der Waals surface area (Å²) in [6.07, 6.45) is 9.17. The van der Waals surface area contributed by atoms with Crippen molar-refractivity contribution < 1.29 is 19.1 Å². The fourth-order valence-corrected chi connectivity index (χ4v) is 3.42. The van der Waals surface area contributed by atoms with E-state index in [1.54, 1.807) is 13.0 Å². The lowest BCUT2D eigenvalue weighted by atomic mass is 9.94. The molecule has 1 aromatic carbocycles. The summed E-state index contributed by atoms with van der Waals surface area (Å²) in [5.41, 5.74) is 0.945. The van der Waals surface area contributed by atoms with Gasteiger partial charge < -0.3 is 14.4 Å². The SMILES string of the molecule is CCOC(=O)CCN(C(=O)/C=C/c1ccc(OCC)cc1)C1CCCCC1. The lowest BCUT2D eigenvalue weighted by molar-refractivity contribution is -0.144. The minimum absolute atomic E-state index is 0.0416. The first-order valence-electron chi connectivity index (χ1n) is 10.0. The van der Waals surface area contributed by atoms with Gasteiger partial charge >= 0.3 is 5.97 Å². The first kappa shape index (κ1) is 21.0. The highest BCUT2D eigenvalue weighted by Gasteiger charge is 2.24. The second kappa shape index (κ2) is 11.4. The summed E-state index contributed by atoms with van der Waals surface area (Å²) in [7, 11) is 0. The van der Waals surface area contributed by atoms with Gasteiger partial charge in [0.2, 0.25) is 5.91 Å². The molecule has 0 heterocycles. The Labute approximate surface area is 162 Å². The molecule has 0 bridgehead atoms. The van der Waals surface area contributed by atoms with Crippen molar-refractivity contribution in [1.29, 1.82) is 0 Å². The first-order chi connectivity index (χ1) is 13.1. The Morgan fingerprint density at radius 2 is 1.78 bits per heavy atom. The van der Waals surface area contributed by atoms with Crippen molar-refractivity contribution in [1.82, 2.24) is 4.90 Å². The van der Waals surface area contributed by atoms with E-state index in [4.69, 9.17) is 9.47 Å². The summed E-state index contributed by atoms with van der Waals surface area (Å²) in [6.45, 7) is 5.15. The third-order valence-corrected chi connectivity index (χ3v) is 4.77. The molecular formula is C22H31NO4. The largest absolute Gasteiger partial charge is 0.494 e. The quantitative estimate of drug-likeness (QED) is 0.480. The van der Waals surface area contributed by atoms with Crippen molar-refractivity contribution in [2.45, 2.75) is 58.4 Å². The minimum atomic E-state index is -0.249. The highest BCUT2D eigenvalue weighted by Crippen LogP contribution is 2.23. The summed E-state index contributed by atoms with van der Waals surface area (Å²) < 4.78 is 10.4. The molecule has 5 nitrogen and oxygen atoms in total. The van der Waals surface area contributed by atoms with Gasteiger partial charge in [0.05, 0.1) is 19.6 Å². The van der Waals surface area contributed by atoms with Crippen LogP contribution in [0.2, 0.25) is 0 Å². The molecule has 1 fully saturated rings. The Kier molecular flexibility index (Phi) is 8.89. The molecule has 1 aliphatic rings. The van der Waals surface area contributed by atoms with Crippen molar-refractivity contribution in [3.8, 4) is 5.75 Å². The van der Waals surface area contributed by atoms with Crippen LogP contribution in [0, 0.1) is 0 Å². The fourth-order valence-electron chi connectivity index (χ4n) is 3.42. The molecule has 0 N–H and O–H groups in total. The molecule has 1 amide bonds. The zero-order valence-corrected chi connectivity index (χ0v) is 16.5. The number of ether oxygens (including phenoxy) is 2. The standard InChI is InChI=1S/C22H31NO4/c1-3-26-20-13-10-18(11-14-20)12-15-21(24)23(17-16-22(25)27-4-2)19-8-6-5-7-9-19/h10-15,19H,3-9,16-17H2,1-2H3/b15-12+. The molecular weight excluding hydrogens is 342 g/mol. The molecule has 0 atom stereocenters. The maximum Gasteiger partial charge on any atom is 0.307 e. The van der Waals surface area contributed by atoms with E-state index in [1.807, 2.05) is 42.2 Å². The molecule has 0 unspecified atom stereocenters. The van der Waals surface area contributed by atoms with Gasteiger partial charge in [0, 0.05) is 18.7 Å². The third-order valence-electron chi connectivity index (χ3n) is 4.77. The number of carbonyl (C=O) groups is 2. The number of amides is 1. The first-order valence-corrected chi connectivity index (χ1v) is 10.0. The van der Waals surface area contributed by atoms with E-state index in [2.05, 4.69) is 0 Å². The van der Waals surface area contributed by atoms with Gasteiger partial charge in [0.1, 0.15) is 5.75 Å². The number of hydrogen-bond donors (Lipinski definition) is 0. The average molecular weight is 373 g/mol. The zero-order chi connectivity index (χ0) is 19.5. The van der Waals surface area contributed by atoms with E-state index in [1.165, 1.54) is 6.42 Å². The van der Waals surface area contributed by atoms with E-state index < -0.39 is 0 Å². The predicted molar refractivity (Wildman–Crippen MR) is 106 cm³/mol. The predicted octanol–water partition coefficient (Wildman–Crippen LogP) is 4.21. The summed E-state index contributed by atoms with van der Waals surface area (Å²) >= 11 is 0. The van der Waals surface area contributed by atoms with Crippen molar-refractivity contribution in [2.75, 3.05) is 19.8 Å². The summed E-state index contributed by atoms with van der Waals surface area (Å²) in [5.74, 6) is 0.529. The second-order valence-corrected chi connectivity index (χ2v) is 6.71. The molecule has 0 aliphatic heterocycles. The Morgan fingerprint density at radius 3 is 2.41 bits per heavy atom. The van der Waals surface area contributed by atoms with Crippen LogP contribution in [0.25, 0.3) is 6.08 Å². The highest BCUT2D eigenvalue weighted by atomic mass is 16.5. The molecule has 5 heteroatoms. The maximum absolute atomic E-state index is 12.8. The number of rotatable bonds is 9. The molecule has 1 aromatic rings. The maximum atomic E-state index is 12.8. The summed E-state index contributed by atoms with van der Waals surface area (Å²) in [4.78, 5) is 26.4. The van der Waals surface area contributed by atoms with Gasteiger partial charge in [0.15, 0.2) is 0 Å². The van der Waals surface area contributed by atoms with E-state index in [9.17, 15) is 9.59 Å². The normalized spacial score (nSPS) is 14.9. The number of nitrogens with zero attached hydrogens (tertiary/aromatic N) is 1. The fraction of sp³-hybridized carbons (Fsp3) is 0.545. The highest BCUT2D eigenvalue weighted by molar-refractivity contribution is 5.92. The number of esters is 1. The number of hydrogen-bond acceptors (Lipinski definition) is 4. The van der Waals surface area contributed by atoms with Crippen LogP contribution in [0.3, 0.4) is 0 Å². The van der Waals surface area contributed by atoms with E-state index in [-0.39, 0.29) is 24.3 Å². The molecule has 0 radical (unpaired) electrons. The molecule has 1 saturated carbocycles. The number of carbonyl (C=O) groups excluding carboxylic acids is 2. The van der Waals surface area contributed by atoms with Crippen LogP contribution >= 0.6 is 0 Å². The van der Waals surface area contributed by atoms with Crippen molar-refractivity contribution >= 4 is 18.0 Å². The molecule has 2 rings (SSSR count). The summed E-state index contributed by atoms with van der Waals surface area (Å²) in [5, 5.41) is 0. The van der Waals surface area contributed by atoms with Crippen molar-refractivity contribution in [3.63, 3.8) is 0 Å². The zero-order valence-electron chi connectivity index (χ0n) is 16.5. The van der Waals surface area contributed by atoms with Gasteiger partial charge in [-0.15, -0.1) is 0 Å². The van der Waals surface area contributed by atoms with Crippen molar-refractivity contribution in [3.05, 3.63) is 35.9 Å². The molecule has 0 spiro atoms. The molecule has 27 heavy (non-hydrogen) atoms. The smallest absolute Gasteiger partial charge is 0.307 e. The lowest BCUT2D eigenvalue weighted by Crippen LogP contribution is -2.42. The Bertz CT molecular complexity index is 618. The Morgan fingerprint density at radius 1 is 1.07 bits per heavy atom. The molecule has 0 saturated heterocycles. The van der Waals surface area contributed by atoms with Crippen LogP contribution in [0.1, 0.15) is 57.9 Å². The molecule has 0 aromatic heterocycles.